The molecule has 1 spiro atoms. The summed E-state index contributed by atoms with van der Waals surface area (Å²) in [5.74, 6) is 0.684. The van der Waals surface area contributed by atoms with Crippen molar-refractivity contribution in [3.8, 4) is 0 Å². The van der Waals surface area contributed by atoms with Crippen LogP contribution in [0.3, 0.4) is 0 Å². The molecule has 2 heterocycles. The number of fused-ring (bicyclic) bond motifs is 2. The van der Waals surface area contributed by atoms with Gasteiger partial charge in [0.25, 0.3) is 5.91 Å². The van der Waals surface area contributed by atoms with E-state index in [0.29, 0.717) is 24.5 Å². The highest BCUT2D eigenvalue weighted by Crippen LogP contribution is 2.55. The Kier molecular flexibility index (Phi) is 4.68. The van der Waals surface area contributed by atoms with Gasteiger partial charge in [0, 0.05) is 29.3 Å². The van der Waals surface area contributed by atoms with Gasteiger partial charge in [-0.1, -0.05) is 48.4 Å². The van der Waals surface area contributed by atoms with Crippen molar-refractivity contribution in [2.75, 3.05) is 17.2 Å². The first-order valence-electron chi connectivity index (χ1n) is 9.09. The number of aryl methyl sites for hydroxylation is 1. The molecule has 0 saturated carbocycles. The van der Waals surface area contributed by atoms with E-state index in [1.807, 2.05) is 50.2 Å². The standard InChI is InChI=1S/C21H21ClN2O2S/c1-3-19(25)24-9-10-27-21(24)17-12-16(22)7-8-18(17)23(20(21)26)13-15-6-4-5-14(2)11-15/h4-8,11-12H,3,9-10,13H2,1-2H3/t21-/m0/s1. The van der Waals surface area contributed by atoms with E-state index in [1.54, 1.807) is 9.80 Å². The van der Waals surface area contributed by atoms with Gasteiger partial charge in [-0.05, 0) is 30.7 Å². The lowest BCUT2D eigenvalue weighted by atomic mass is 10.1. The van der Waals surface area contributed by atoms with Crippen molar-refractivity contribution in [3.05, 3.63) is 64.2 Å². The van der Waals surface area contributed by atoms with Gasteiger partial charge >= 0.3 is 0 Å². The molecular formula is C21H21ClN2O2S. The van der Waals surface area contributed by atoms with Gasteiger partial charge in [-0.15, -0.1) is 11.8 Å². The highest BCUT2D eigenvalue weighted by atomic mass is 35.5. The summed E-state index contributed by atoms with van der Waals surface area (Å²) in [6.45, 7) is 4.93. The summed E-state index contributed by atoms with van der Waals surface area (Å²) < 4.78 is 0. The summed E-state index contributed by atoms with van der Waals surface area (Å²) in [5, 5.41) is 0.578. The molecule has 2 aromatic carbocycles. The number of rotatable bonds is 3. The molecule has 2 aromatic rings. The van der Waals surface area contributed by atoms with E-state index < -0.39 is 4.87 Å². The molecule has 6 heteroatoms. The molecular weight excluding hydrogens is 380 g/mol. The fourth-order valence-corrected chi connectivity index (χ4v) is 5.63. The molecule has 4 rings (SSSR count). The van der Waals surface area contributed by atoms with Crippen molar-refractivity contribution in [3.63, 3.8) is 0 Å². The fourth-order valence-electron chi connectivity index (χ4n) is 3.98. The zero-order valence-corrected chi connectivity index (χ0v) is 16.9. The van der Waals surface area contributed by atoms with Crippen molar-refractivity contribution in [1.29, 1.82) is 0 Å². The Morgan fingerprint density at radius 2 is 2.07 bits per heavy atom. The van der Waals surface area contributed by atoms with Gasteiger partial charge in [0.15, 0.2) is 4.87 Å². The van der Waals surface area contributed by atoms with Crippen LogP contribution in [-0.4, -0.2) is 29.0 Å². The van der Waals surface area contributed by atoms with Gasteiger partial charge in [-0.25, -0.2) is 0 Å². The van der Waals surface area contributed by atoms with Gasteiger partial charge in [0.05, 0.1) is 12.2 Å². The monoisotopic (exact) mass is 400 g/mol. The Morgan fingerprint density at radius 1 is 1.26 bits per heavy atom. The van der Waals surface area contributed by atoms with E-state index in [1.165, 1.54) is 11.8 Å². The molecule has 2 aliphatic rings. The van der Waals surface area contributed by atoms with Gasteiger partial charge in [0.1, 0.15) is 0 Å². The zero-order chi connectivity index (χ0) is 19.2. The number of amides is 2. The lowest BCUT2D eigenvalue weighted by molar-refractivity contribution is -0.139. The minimum atomic E-state index is -0.989. The lowest BCUT2D eigenvalue weighted by Crippen LogP contribution is -2.50. The summed E-state index contributed by atoms with van der Waals surface area (Å²) in [7, 11) is 0. The van der Waals surface area contributed by atoms with E-state index in [2.05, 4.69) is 6.07 Å². The molecule has 0 N–H and O–H groups in total. The van der Waals surface area contributed by atoms with E-state index in [-0.39, 0.29) is 11.8 Å². The van der Waals surface area contributed by atoms with Gasteiger partial charge < -0.3 is 9.80 Å². The maximum absolute atomic E-state index is 13.7. The average Bonchev–Trinajstić information content (AvgIpc) is 3.19. The summed E-state index contributed by atoms with van der Waals surface area (Å²) in [6.07, 6.45) is 0.378. The number of halogens is 1. The number of anilines is 1. The van der Waals surface area contributed by atoms with Gasteiger partial charge in [0.2, 0.25) is 5.91 Å². The summed E-state index contributed by atoms with van der Waals surface area (Å²) in [6, 6.07) is 13.7. The molecule has 0 unspecified atom stereocenters. The topological polar surface area (TPSA) is 40.6 Å². The smallest absolute Gasteiger partial charge is 0.268 e. The van der Waals surface area contributed by atoms with Crippen molar-refractivity contribution < 1.29 is 9.59 Å². The minimum Gasteiger partial charge on any atom is -0.315 e. The molecule has 0 aromatic heterocycles. The second kappa shape index (κ2) is 6.88. The normalized spacial score (nSPS) is 21.2. The third-order valence-corrected chi connectivity index (χ3v) is 6.84. The van der Waals surface area contributed by atoms with Crippen LogP contribution < -0.4 is 4.90 Å². The number of benzene rings is 2. The fraction of sp³-hybridized carbons (Fsp3) is 0.333. The van der Waals surface area contributed by atoms with E-state index in [4.69, 9.17) is 11.6 Å². The number of carbonyl (C=O) groups is 2. The maximum atomic E-state index is 13.7. The lowest BCUT2D eigenvalue weighted by Gasteiger charge is -2.33. The third-order valence-electron chi connectivity index (χ3n) is 5.18. The molecule has 27 heavy (non-hydrogen) atoms. The number of nitrogens with zero attached hydrogens (tertiary/aromatic N) is 2. The largest absolute Gasteiger partial charge is 0.315 e. The quantitative estimate of drug-likeness (QED) is 0.769. The SMILES string of the molecule is CCC(=O)N1CCS[C@@]12C(=O)N(Cc1cccc(C)c1)c1ccc(Cl)cc12. The number of hydrogen-bond acceptors (Lipinski definition) is 3. The molecule has 4 nitrogen and oxygen atoms in total. The number of hydrogen-bond donors (Lipinski definition) is 0. The Labute approximate surface area is 168 Å². The molecule has 2 amide bonds. The predicted molar refractivity (Wildman–Crippen MR) is 110 cm³/mol. The molecule has 0 radical (unpaired) electrons. The Bertz CT molecular complexity index is 932. The van der Waals surface area contributed by atoms with Crippen LogP contribution in [0.2, 0.25) is 5.02 Å². The highest BCUT2D eigenvalue weighted by Gasteiger charge is 2.59. The van der Waals surface area contributed by atoms with Crippen LogP contribution in [0, 0.1) is 6.92 Å². The van der Waals surface area contributed by atoms with Crippen molar-refractivity contribution >= 4 is 40.9 Å². The molecule has 1 atom stereocenters. The predicted octanol–water partition coefficient (Wildman–Crippen LogP) is 4.33. The second-order valence-corrected chi connectivity index (χ2v) is 8.66. The minimum absolute atomic E-state index is 0.00307. The first-order chi connectivity index (χ1) is 13.0. The van der Waals surface area contributed by atoms with Gasteiger partial charge in [-0.3, -0.25) is 9.59 Å². The summed E-state index contributed by atoms with van der Waals surface area (Å²) in [4.78, 5) is 28.9. The Morgan fingerprint density at radius 3 is 2.81 bits per heavy atom. The first-order valence-corrected chi connectivity index (χ1v) is 10.5. The number of carbonyl (C=O) groups excluding carboxylic acids is 2. The molecule has 1 fully saturated rings. The van der Waals surface area contributed by atoms with E-state index >= 15 is 0 Å². The number of thioether (sulfide) groups is 1. The van der Waals surface area contributed by atoms with Crippen molar-refractivity contribution in [2.24, 2.45) is 0 Å². The Balaban J connectivity index is 1.82. The van der Waals surface area contributed by atoms with Crippen LogP contribution in [0.15, 0.2) is 42.5 Å². The van der Waals surface area contributed by atoms with E-state index in [9.17, 15) is 9.59 Å². The van der Waals surface area contributed by atoms with Crippen LogP contribution in [0.5, 0.6) is 0 Å². The van der Waals surface area contributed by atoms with E-state index in [0.717, 1.165) is 28.1 Å². The molecule has 0 bridgehead atoms. The van der Waals surface area contributed by atoms with Crippen LogP contribution >= 0.6 is 23.4 Å². The summed E-state index contributed by atoms with van der Waals surface area (Å²) >= 11 is 7.82. The van der Waals surface area contributed by atoms with Crippen molar-refractivity contribution in [2.45, 2.75) is 31.7 Å². The molecule has 1 saturated heterocycles. The maximum Gasteiger partial charge on any atom is 0.268 e. The van der Waals surface area contributed by atoms with Crippen LogP contribution in [0.25, 0.3) is 0 Å². The summed E-state index contributed by atoms with van der Waals surface area (Å²) in [5.41, 5.74) is 3.90. The Hall–Kier alpha value is -1.98. The second-order valence-electron chi connectivity index (χ2n) is 6.93. The average molecular weight is 401 g/mol. The van der Waals surface area contributed by atoms with Crippen LogP contribution in [0.1, 0.15) is 30.0 Å². The molecule has 0 aliphatic carbocycles. The van der Waals surface area contributed by atoms with Gasteiger partial charge in [-0.2, -0.15) is 0 Å². The molecule has 2 aliphatic heterocycles. The first kappa shape index (κ1) is 18.4. The van der Waals surface area contributed by atoms with Crippen molar-refractivity contribution in [1.82, 2.24) is 4.90 Å². The zero-order valence-electron chi connectivity index (χ0n) is 15.4. The van der Waals surface area contributed by atoms with Crippen LogP contribution in [-0.2, 0) is 21.0 Å². The third kappa shape index (κ3) is 2.84. The van der Waals surface area contributed by atoms with Crippen LogP contribution in [0.4, 0.5) is 5.69 Å². The molecule has 140 valence electrons. The highest BCUT2D eigenvalue weighted by molar-refractivity contribution is 8.01.